The largest absolute Gasteiger partial charge is 0.374 e. The van der Waals surface area contributed by atoms with E-state index in [0.717, 1.165) is 26.2 Å². The van der Waals surface area contributed by atoms with Crippen LogP contribution in [0.3, 0.4) is 0 Å². The van der Waals surface area contributed by atoms with Crippen LogP contribution in [0.15, 0.2) is 16.8 Å². The van der Waals surface area contributed by atoms with Crippen LogP contribution >= 0.6 is 11.3 Å². The highest BCUT2D eigenvalue weighted by atomic mass is 32.1. The van der Waals surface area contributed by atoms with Gasteiger partial charge in [-0.2, -0.15) is 11.3 Å². The molecule has 1 saturated carbocycles. The fourth-order valence-corrected chi connectivity index (χ4v) is 4.28. The van der Waals surface area contributed by atoms with E-state index in [1.807, 2.05) is 0 Å². The molecular weight excluding hydrogens is 306 g/mol. The lowest BCUT2D eigenvalue weighted by Crippen LogP contribution is -2.37. The van der Waals surface area contributed by atoms with E-state index in [-0.39, 0.29) is 0 Å². The van der Waals surface area contributed by atoms with Crippen molar-refractivity contribution in [2.45, 2.75) is 38.3 Å². The monoisotopic (exact) mass is 330 g/mol. The Morgan fingerprint density at radius 3 is 2.91 bits per heavy atom. The molecule has 1 unspecified atom stereocenters. The maximum Gasteiger partial charge on any atom is 0.261 e. The Kier molecular flexibility index (Phi) is 5.44. The molecule has 1 atom stereocenters. The van der Waals surface area contributed by atoms with E-state index in [4.69, 9.17) is 4.74 Å². The van der Waals surface area contributed by atoms with Crippen LogP contribution in [-0.4, -0.2) is 50.2 Å². The van der Waals surface area contributed by atoms with Crippen molar-refractivity contribution in [3.63, 3.8) is 0 Å². The third-order valence-corrected chi connectivity index (χ3v) is 5.65. The highest BCUT2D eigenvalue weighted by Gasteiger charge is 2.56. The minimum absolute atomic E-state index is 0.388. The zero-order chi connectivity index (χ0) is 15.4. The smallest absolute Gasteiger partial charge is 0.261 e. The molecule has 3 rings (SSSR count). The van der Waals surface area contributed by atoms with Gasteiger partial charge < -0.3 is 10.1 Å². The van der Waals surface area contributed by atoms with Gasteiger partial charge in [-0.3, -0.25) is 4.90 Å². The quantitative estimate of drug-likeness (QED) is 0.742. The number of halogens is 2. The summed E-state index contributed by atoms with van der Waals surface area (Å²) in [5.41, 5.74) is 1.78. The van der Waals surface area contributed by atoms with E-state index < -0.39 is 13.0 Å². The molecule has 124 valence electrons. The first-order valence-corrected chi connectivity index (χ1v) is 8.96. The first-order chi connectivity index (χ1) is 10.7. The standard InChI is InChI=1S/C16H24F2N2OS/c17-15(18)11-21-7-6-20(10-13-1-8-22-12-13)14-9-16(14)2-4-19-5-3-16/h1,8,12,14-15,19H,2-7,9-11H2. The van der Waals surface area contributed by atoms with Crippen LogP contribution in [0.25, 0.3) is 0 Å². The Balaban J connectivity index is 1.54. The molecule has 1 saturated heterocycles. The number of rotatable bonds is 8. The Hall–Kier alpha value is -0.560. The van der Waals surface area contributed by atoms with E-state index in [1.54, 1.807) is 11.3 Å². The number of alkyl halides is 2. The summed E-state index contributed by atoms with van der Waals surface area (Å²) in [5, 5.41) is 7.69. The molecule has 1 N–H and O–H groups in total. The van der Waals surface area contributed by atoms with Gasteiger partial charge in [0.15, 0.2) is 0 Å². The second-order valence-electron chi connectivity index (χ2n) is 6.40. The summed E-state index contributed by atoms with van der Waals surface area (Å²) in [5.74, 6) is 0. The second-order valence-corrected chi connectivity index (χ2v) is 7.18. The van der Waals surface area contributed by atoms with Crippen molar-refractivity contribution in [3.05, 3.63) is 22.4 Å². The van der Waals surface area contributed by atoms with Crippen molar-refractivity contribution in [1.82, 2.24) is 10.2 Å². The van der Waals surface area contributed by atoms with Crippen LogP contribution < -0.4 is 5.32 Å². The Morgan fingerprint density at radius 2 is 2.23 bits per heavy atom. The van der Waals surface area contributed by atoms with Gasteiger partial charge in [0.2, 0.25) is 0 Å². The number of hydrogen-bond acceptors (Lipinski definition) is 4. The second kappa shape index (κ2) is 7.34. The van der Waals surface area contributed by atoms with E-state index >= 15 is 0 Å². The normalized spacial score (nSPS) is 23.5. The van der Waals surface area contributed by atoms with Gasteiger partial charge in [-0.05, 0) is 60.2 Å². The van der Waals surface area contributed by atoms with Gasteiger partial charge in [-0.25, -0.2) is 8.78 Å². The van der Waals surface area contributed by atoms with Crippen molar-refractivity contribution in [3.8, 4) is 0 Å². The summed E-state index contributed by atoms with van der Waals surface area (Å²) in [7, 11) is 0. The Bertz CT molecular complexity index is 449. The molecule has 1 aromatic heterocycles. The third-order valence-electron chi connectivity index (χ3n) is 4.92. The summed E-state index contributed by atoms with van der Waals surface area (Å²) in [6.45, 7) is 3.78. The lowest BCUT2D eigenvalue weighted by Gasteiger charge is -2.29. The molecular formula is C16H24F2N2OS. The van der Waals surface area contributed by atoms with Gasteiger partial charge in [-0.15, -0.1) is 0 Å². The molecule has 22 heavy (non-hydrogen) atoms. The summed E-state index contributed by atoms with van der Waals surface area (Å²) in [6.07, 6.45) is 1.33. The lowest BCUT2D eigenvalue weighted by molar-refractivity contribution is 0.00674. The molecule has 2 fully saturated rings. The highest BCUT2D eigenvalue weighted by Crippen LogP contribution is 2.55. The average molecular weight is 330 g/mol. The SMILES string of the molecule is FC(F)COCCN(Cc1ccsc1)C1CC12CCNCC2. The summed E-state index contributed by atoms with van der Waals surface area (Å²) >= 11 is 1.71. The average Bonchev–Trinajstić information content (AvgIpc) is 2.96. The van der Waals surface area contributed by atoms with Crippen LogP contribution in [0.2, 0.25) is 0 Å². The summed E-state index contributed by atoms with van der Waals surface area (Å²) in [6, 6.07) is 2.74. The molecule has 0 amide bonds. The number of nitrogens with zero attached hydrogens (tertiary/aromatic N) is 1. The number of hydrogen-bond donors (Lipinski definition) is 1. The van der Waals surface area contributed by atoms with E-state index in [0.29, 0.717) is 18.1 Å². The third kappa shape index (κ3) is 4.04. The van der Waals surface area contributed by atoms with Gasteiger partial charge >= 0.3 is 0 Å². The van der Waals surface area contributed by atoms with Crippen LogP contribution in [0.5, 0.6) is 0 Å². The Labute approximate surface area is 134 Å². The molecule has 0 radical (unpaired) electrons. The molecule has 1 aromatic rings. The summed E-state index contributed by atoms with van der Waals surface area (Å²) < 4.78 is 29.5. The molecule has 0 aromatic carbocycles. The first-order valence-electron chi connectivity index (χ1n) is 8.01. The van der Waals surface area contributed by atoms with Crippen molar-refractivity contribution in [2.24, 2.45) is 5.41 Å². The van der Waals surface area contributed by atoms with Crippen molar-refractivity contribution < 1.29 is 13.5 Å². The zero-order valence-corrected chi connectivity index (χ0v) is 13.6. The minimum Gasteiger partial charge on any atom is -0.374 e. The van der Waals surface area contributed by atoms with Crippen molar-refractivity contribution in [1.29, 1.82) is 0 Å². The van der Waals surface area contributed by atoms with Gasteiger partial charge in [0.1, 0.15) is 6.61 Å². The maximum atomic E-state index is 12.2. The Morgan fingerprint density at radius 1 is 1.41 bits per heavy atom. The predicted octanol–water partition coefficient (Wildman–Crippen LogP) is 2.97. The molecule has 1 spiro atoms. The zero-order valence-electron chi connectivity index (χ0n) is 12.8. The topological polar surface area (TPSA) is 24.5 Å². The van der Waals surface area contributed by atoms with Crippen LogP contribution in [0, 0.1) is 5.41 Å². The maximum absolute atomic E-state index is 12.2. The highest BCUT2D eigenvalue weighted by molar-refractivity contribution is 7.07. The van der Waals surface area contributed by atoms with Crippen LogP contribution in [0.1, 0.15) is 24.8 Å². The van der Waals surface area contributed by atoms with Crippen molar-refractivity contribution in [2.75, 3.05) is 32.8 Å². The molecule has 2 heterocycles. The molecule has 0 bridgehead atoms. The van der Waals surface area contributed by atoms with Crippen LogP contribution in [-0.2, 0) is 11.3 Å². The number of thiophene rings is 1. The minimum atomic E-state index is -2.37. The number of piperidine rings is 1. The van der Waals surface area contributed by atoms with Crippen LogP contribution in [0.4, 0.5) is 8.78 Å². The van der Waals surface area contributed by atoms with E-state index in [2.05, 4.69) is 27.0 Å². The fourth-order valence-electron chi connectivity index (χ4n) is 3.62. The van der Waals surface area contributed by atoms with E-state index in [9.17, 15) is 8.78 Å². The van der Waals surface area contributed by atoms with E-state index in [1.165, 1.54) is 24.8 Å². The fraction of sp³-hybridized carbons (Fsp3) is 0.750. The van der Waals surface area contributed by atoms with Gasteiger partial charge in [0.25, 0.3) is 6.43 Å². The van der Waals surface area contributed by atoms with Gasteiger partial charge in [0.05, 0.1) is 6.61 Å². The molecule has 1 aliphatic carbocycles. The number of ether oxygens (including phenoxy) is 1. The van der Waals surface area contributed by atoms with Gasteiger partial charge in [-0.1, -0.05) is 0 Å². The first kappa shape index (κ1) is 16.3. The molecule has 1 aliphatic heterocycles. The van der Waals surface area contributed by atoms with Crippen molar-refractivity contribution >= 4 is 11.3 Å². The molecule has 3 nitrogen and oxygen atoms in total. The predicted molar refractivity (Wildman–Crippen MR) is 84.5 cm³/mol. The lowest BCUT2D eigenvalue weighted by atomic mass is 9.93. The molecule has 6 heteroatoms. The molecule has 2 aliphatic rings. The van der Waals surface area contributed by atoms with Gasteiger partial charge in [0, 0.05) is 19.1 Å². The summed E-state index contributed by atoms with van der Waals surface area (Å²) in [4.78, 5) is 2.44. The number of nitrogens with one attached hydrogen (secondary N) is 1.